The zero-order valence-electron chi connectivity index (χ0n) is 6.80. The average Bonchev–Trinajstić information content (AvgIpc) is 2.13. The summed E-state index contributed by atoms with van der Waals surface area (Å²) in [6, 6.07) is 0. The second-order valence-electron chi connectivity index (χ2n) is 2.56. The van der Waals surface area contributed by atoms with Gasteiger partial charge in [-0.05, 0) is 6.92 Å². The average molecular weight is 193 g/mol. The Morgan fingerprint density at radius 3 is 1.92 bits per heavy atom. The van der Waals surface area contributed by atoms with Crippen molar-refractivity contribution in [3.8, 4) is 0 Å². The lowest BCUT2D eigenvalue weighted by Gasteiger charge is -2.07. The van der Waals surface area contributed by atoms with Gasteiger partial charge in [0.1, 0.15) is 5.82 Å². The topological polar surface area (TPSA) is 26.0 Å². The Bertz CT molecular complexity index is 319. The molecule has 0 aromatic heterocycles. The predicted octanol–water partition coefficient (Wildman–Crippen LogP) is 2.01. The van der Waals surface area contributed by atoms with Gasteiger partial charge in [-0.1, -0.05) is 0 Å². The Morgan fingerprint density at radius 1 is 0.923 bits per heavy atom. The highest BCUT2D eigenvalue weighted by atomic mass is 19.2. The second kappa shape index (κ2) is 3.33. The van der Waals surface area contributed by atoms with Crippen LogP contribution < -0.4 is 5.73 Å². The Kier molecular flexibility index (Phi) is 2.56. The third-order valence-corrected chi connectivity index (χ3v) is 1.78. The molecule has 72 valence electrons. The summed E-state index contributed by atoms with van der Waals surface area (Å²) in [5, 5.41) is 0. The molecule has 0 radical (unpaired) electrons. The van der Waals surface area contributed by atoms with E-state index in [9.17, 15) is 17.6 Å². The van der Waals surface area contributed by atoms with Crippen molar-refractivity contribution in [2.24, 2.45) is 5.73 Å². The van der Waals surface area contributed by atoms with Crippen LogP contribution in [0.2, 0.25) is 0 Å². The van der Waals surface area contributed by atoms with E-state index in [-0.39, 0.29) is 0 Å². The van der Waals surface area contributed by atoms with Gasteiger partial charge in [0.15, 0.2) is 17.5 Å². The summed E-state index contributed by atoms with van der Waals surface area (Å²) in [5.41, 5.74) is 3.79. The molecule has 5 heteroatoms. The van der Waals surface area contributed by atoms with Crippen molar-refractivity contribution in [3.05, 3.63) is 34.4 Å². The van der Waals surface area contributed by atoms with Crippen LogP contribution >= 0.6 is 0 Å². The van der Waals surface area contributed by atoms with Gasteiger partial charge in [-0.25, -0.2) is 17.6 Å². The highest BCUT2D eigenvalue weighted by Crippen LogP contribution is 2.22. The molecule has 0 aliphatic carbocycles. The van der Waals surface area contributed by atoms with Gasteiger partial charge in [0.2, 0.25) is 0 Å². The van der Waals surface area contributed by atoms with E-state index in [2.05, 4.69) is 0 Å². The SMILES string of the molecule is Cc1c(F)c(F)c(F)c(CN)c1F. The lowest BCUT2D eigenvalue weighted by atomic mass is 10.1. The highest BCUT2D eigenvalue weighted by Gasteiger charge is 2.21. The molecule has 0 atom stereocenters. The number of benzene rings is 1. The van der Waals surface area contributed by atoms with Gasteiger partial charge in [0.05, 0.1) is 0 Å². The molecule has 0 spiro atoms. The van der Waals surface area contributed by atoms with Gasteiger partial charge in [0, 0.05) is 17.7 Å². The Balaban J connectivity index is 3.56. The minimum absolute atomic E-state index is 0.504. The molecule has 0 unspecified atom stereocenters. The van der Waals surface area contributed by atoms with Crippen molar-refractivity contribution in [2.75, 3.05) is 0 Å². The molecule has 13 heavy (non-hydrogen) atoms. The van der Waals surface area contributed by atoms with E-state index in [4.69, 9.17) is 5.73 Å². The van der Waals surface area contributed by atoms with Gasteiger partial charge >= 0.3 is 0 Å². The largest absolute Gasteiger partial charge is 0.326 e. The van der Waals surface area contributed by atoms with Crippen LogP contribution in [0.4, 0.5) is 17.6 Å². The quantitative estimate of drug-likeness (QED) is 0.412. The van der Waals surface area contributed by atoms with E-state index >= 15 is 0 Å². The first-order valence-electron chi connectivity index (χ1n) is 3.52. The fraction of sp³-hybridized carbons (Fsp3) is 0.250. The number of hydrogen-bond donors (Lipinski definition) is 1. The van der Waals surface area contributed by atoms with Crippen LogP contribution in [-0.2, 0) is 6.54 Å². The minimum atomic E-state index is -1.68. The lowest BCUT2D eigenvalue weighted by Crippen LogP contribution is -2.10. The van der Waals surface area contributed by atoms with Crippen LogP contribution in [0.3, 0.4) is 0 Å². The van der Waals surface area contributed by atoms with Crippen LogP contribution in [-0.4, -0.2) is 0 Å². The maximum absolute atomic E-state index is 13.0. The van der Waals surface area contributed by atoms with Crippen LogP contribution in [0.1, 0.15) is 11.1 Å². The van der Waals surface area contributed by atoms with E-state index in [0.717, 1.165) is 6.92 Å². The van der Waals surface area contributed by atoms with Gasteiger partial charge in [-0.15, -0.1) is 0 Å². The smallest absolute Gasteiger partial charge is 0.195 e. The van der Waals surface area contributed by atoms with Gasteiger partial charge in [0.25, 0.3) is 0 Å². The normalized spacial score (nSPS) is 10.6. The van der Waals surface area contributed by atoms with Gasteiger partial charge in [-0.3, -0.25) is 0 Å². The minimum Gasteiger partial charge on any atom is -0.326 e. The molecule has 0 aliphatic heterocycles. The molecule has 1 aromatic rings. The van der Waals surface area contributed by atoms with E-state index in [1.54, 1.807) is 0 Å². The molecular formula is C8H7F4N. The second-order valence-corrected chi connectivity index (χ2v) is 2.56. The number of nitrogens with two attached hydrogens (primary N) is 1. The fourth-order valence-electron chi connectivity index (χ4n) is 0.992. The van der Waals surface area contributed by atoms with Crippen molar-refractivity contribution >= 4 is 0 Å². The lowest BCUT2D eigenvalue weighted by molar-refractivity contribution is 0.419. The first kappa shape index (κ1) is 9.98. The maximum atomic E-state index is 13.0. The number of halogens is 4. The summed E-state index contributed by atoms with van der Waals surface area (Å²) in [7, 11) is 0. The highest BCUT2D eigenvalue weighted by molar-refractivity contribution is 5.29. The monoisotopic (exact) mass is 193 g/mol. The zero-order valence-corrected chi connectivity index (χ0v) is 6.80. The Hall–Kier alpha value is -1.10. The molecule has 1 rings (SSSR count). The molecule has 2 N–H and O–H groups in total. The fourth-order valence-corrected chi connectivity index (χ4v) is 0.992. The van der Waals surface area contributed by atoms with E-state index < -0.39 is 40.9 Å². The molecule has 1 aromatic carbocycles. The predicted molar refractivity (Wildman–Crippen MR) is 38.9 cm³/mol. The van der Waals surface area contributed by atoms with Crippen LogP contribution in [0.15, 0.2) is 0 Å². The van der Waals surface area contributed by atoms with Gasteiger partial charge in [-0.2, -0.15) is 0 Å². The van der Waals surface area contributed by atoms with Crippen LogP contribution in [0, 0.1) is 30.2 Å². The molecule has 0 saturated heterocycles. The summed E-state index contributed by atoms with van der Waals surface area (Å²) in [4.78, 5) is 0. The summed E-state index contributed by atoms with van der Waals surface area (Å²) in [5.74, 6) is -5.87. The number of hydrogen-bond acceptors (Lipinski definition) is 1. The van der Waals surface area contributed by atoms with Gasteiger partial charge < -0.3 is 5.73 Å². The standard InChI is InChI=1S/C8H7F4N/c1-3-5(9)4(2-13)7(11)8(12)6(3)10/h2,13H2,1H3. The number of rotatable bonds is 1. The van der Waals surface area contributed by atoms with Crippen molar-refractivity contribution in [3.63, 3.8) is 0 Å². The molecule has 1 nitrogen and oxygen atoms in total. The van der Waals surface area contributed by atoms with E-state index in [0.29, 0.717) is 0 Å². The van der Waals surface area contributed by atoms with Crippen molar-refractivity contribution in [1.82, 2.24) is 0 Å². The summed E-state index contributed by atoms with van der Waals surface area (Å²) < 4.78 is 51.1. The molecule has 0 fully saturated rings. The van der Waals surface area contributed by atoms with Crippen LogP contribution in [0.25, 0.3) is 0 Å². The third kappa shape index (κ3) is 1.39. The first-order valence-corrected chi connectivity index (χ1v) is 3.52. The molecule has 0 saturated carbocycles. The Labute approximate surface area is 72.2 Å². The molecular weight excluding hydrogens is 186 g/mol. The zero-order chi connectivity index (χ0) is 10.2. The molecule has 0 heterocycles. The van der Waals surface area contributed by atoms with Crippen molar-refractivity contribution < 1.29 is 17.6 Å². The van der Waals surface area contributed by atoms with Crippen molar-refractivity contribution in [1.29, 1.82) is 0 Å². The maximum Gasteiger partial charge on any atom is 0.195 e. The molecule has 0 bridgehead atoms. The summed E-state index contributed by atoms with van der Waals surface area (Å²) in [6.45, 7) is 0.516. The summed E-state index contributed by atoms with van der Waals surface area (Å²) in [6.07, 6.45) is 0. The van der Waals surface area contributed by atoms with Crippen molar-refractivity contribution in [2.45, 2.75) is 13.5 Å². The van der Waals surface area contributed by atoms with Crippen LogP contribution in [0.5, 0.6) is 0 Å². The molecule has 0 aliphatic rings. The van der Waals surface area contributed by atoms with E-state index in [1.807, 2.05) is 0 Å². The summed E-state index contributed by atoms with van der Waals surface area (Å²) >= 11 is 0. The Morgan fingerprint density at radius 2 is 1.46 bits per heavy atom. The molecule has 0 amide bonds. The first-order chi connectivity index (χ1) is 6.00. The van der Waals surface area contributed by atoms with E-state index in [1.165, 1.54) is 0 Å². The third-order valence-electron chi connectivity index (χ3n) is 1.78.